The third kappa shape index (κ3) is 5.07. The van der Waals surface area contributed by atoms with E-state index in [9.17, 15) is 18.3 Å². The van der Waals surface area contributed by atoms with Crippen LogP contribution in [0.5, 0.6) is 0 Å². The van der Waals surface area contributed by atoms with Gasteiger partial charge in [-0.2, -0.15) is 0 Å². The van der Waals surface area contributed by atoms with Crippen LogP contribution in [-0.4, -0.2) is 57.1 Å². The van der Waals surface area contributed by atoms with Crippen molar-refractivity contribution in [3.63, 3.8) is 0 Å². The molecule has 7 nitrogen and oxygen atoms in total. The zero-order chi connectivity index (χ0) is 21.0. The number of carboxylic acids is 1. The zero-order valence-electron chi connectivity index (χ0n) is 16.8. The molecule has 0 aromatic heterocycles. The number of anilines is 2. The number of sulfonamides is 1. The summed E-state index contributed by atoms with van der Waals surface area (Å²) >= 11 is 0. The van der Waals surface area contributed by atoms with Gasteiger partial charge in [0.15, 0.2) is 0 Å². The van der Waals surface area contributed by atoms with Crippen LogP contribution in [0.1, 0.15) is 29.3 Å². The Balaban J connectivity index is 1.90. The number of hydrogen-bond donors (Lipinski definition) is 2. The third-order valence-corrected chi connectivity index (χ3v) is 6.45. The Morgan fingerprint density at radius 1 is 1.07 bits per heavy atom. The van der Waals surface area contributed by atoms with E-state index in [0.717, 1.165) is 44.7 Å². The number of piperazine rings is 1. The molecule has 2 aromatic rings. The van der Waals surface area contributed by atoms with Crippen LogP contribution in [0, 0.1) is 6.92 Å². The van der Waals surface area contributed by atoms with Gasteiger partial charge in [-0.1, -0.05) is 24.6 Å². The molecule has 156 valence electrons. The fourth-order valence-electron chi connectivity index (χ4n) is 3.48. The molecule has 0 amide bonds. The van der Waals surface area contributed by atoms with Gasteiger partial charge in [0, 0.05) is 26.2 Å². The first-order valence-corrected chi connectivity index (χ1v) is 11.2. The van der Waals surface area contributed by atoms with Crippen molar-refractivity contribution in [3.8, 4) is 0 Å². The van der Waals surface area contributed by atoms with Crippen LogP contribution in [-0.2, 0) is 10.0 Å². The van der Waals surface area contributed by atoms with E-state index in [2.05, 4.69) is 21.4 Å². The highest BCUT2D eigenvalue weighted by Crippen LogP contribution is 2.30. The summed E-state index contributed by atoms with van der Waals surface area (Å²) < 4.78 is 28.4. The van der Waals surface area contributed by atoms with Crippen LogP contribution in [0.2, 0.25) is 0 Å². The van der Waals surface area contributed by atoms with Gasteiger partial charge in [-0.3, -0.25) is 9.62 Å². The van der Waals surface area contributed by atoms with Gasteiger partial charge in [-0.05, 0) is 50.2 Å². The van der Waals surface area contributed by atoms with Gasteiger partial charge in [-0.25, -0.2) is 13.2 Å². The second kappa shape index (κ2) is 8.84. The summed E-state index contributed by atoms with van der Waals surface area (Å²) in [6, 6.07) is 11.1. The molecule has 0 saturated carbocycles. The number of aromatic carboxylic acids is 1. The molecule has 1 fully saturated rings. The van der Waals surface area contributed by atoms with E-state index in [1.165, 1.54) is 12.1 Å². The highest BCUT2D eigenvalue weighted by molar-refractivity contribution is 7.92. The maximum atomic E-state index is 12.9. The maximum Gasteiger partial charge on any atom is 0.335 e. The van der Waals surface area contributed by atoms with Crippen LogP contribution in [0.4, 0.5) is 11.4 Å². The molecule has 0 aliphatic carbocycles. The molecule has 3 rings (SSSR count). The van der Waals surface area contributed by atoms with Gasteiger partial charge in [0.25, 0.3) is 10.0 Å². The number of aryl methyl sites for hydroxylation is 1. The first kappa shape index (κ1) is 21.1. The van der Waals surface area contributed by atoms with Crippen LogP contribution in [0.25, 0.3) is 0 Å². The van der Waals surface area contributed by atoms with Crippen molar-refractivity contribution in [1.82, 2.24) is 4.90 Å². The number of carboxylic acid groups (broad SMARTS) is 1. The normalized spacial score (nSPS) is 15.3. The fourth-order valence-corrected chi connectivity index (χ4v) is 4.54. The van der Waals surface area contributed by atoms with Gasteiger partial charge in [0.2, 0.25) is 0 Å². The SMILES string of the molecule is CCCN1CCN(c2ccc(C(=O)O)cc2NS(=O)(=O)c2ccc(C)cc2)CC1. The Bertz CT molecular complexity index is 966. The number of carbonyl (C=O) groups is 1. The molecule has 1 aliphatic heterocycles. The average Bonchev–Trinajstić information content (AvgIpc) is 2.69. The summed E-state index contributed by atoms with van der Waals surface area (Å²) in [4.78, 5) is 16.0. The smallest absolute Gasteiger partial charge is 0.335 e. The lowest BCUT2D eigenvalue weighted by Gasteiger charge is -2.37. The van der Waals surface area contributed by atoms with E-state index in [4.69, 9.17) is 0 Å². The van der Waals surface area contributed by atoms with Crippen LogP contribution < -0.4 is 9.62 Å². The van der Waals surface area contributed by atoms with Gasteiger partial charge in [0.05, 0.1) is 21.8 Å². The first-order chi connectivity index (χ1) is 13.8. The van der Waals surface area contributed by atoms with E-state index >= 15 is 0 Å². The Morgan fingerprint density at radius 3 is 2.31 bits per heavy atom. The number of nitrogens with one attached hydrogen (secondary N) is 1. The topological polar surface area (TPSA) is 89.9 Å². The molecule has 2 N–H and O–H groups in total. The molecule has 2 aromatic carbocycles. The van der Waals surface area contributed by atoms with Crippen LogP contribution in [0.3, 0.4) is 0 Å². The van der Waals surface area contributed by atoms with E-state index in [0.29, 0.717) is 5.69 Å². The summed E-state index contributed by atoms with van der Waals surface area (Å²) in [5.74, 6) is -1.10. The van der Waals surface area contributed by atoms with Gasteiger partial charge in [-0.15, -0.1) is 0 Å². The van der Waals surface area contributed by atoms with E-state index in [-0.39, 0.29) is 16.1 Å². The van der Waals surface area contributed by atoms with E-state index in [1.807, 2.05) is 6.92 Å². The highest BCUT2D eigenvalue weighted by Gasteiger charge is 2.23. The highest BCUT2D eigenvalue weighted by atomic mass is 32.2. The van der Waals surface area contributed by atoms with Crippen LogP contribution >= 0.6 is 0 Å². The average molecular weight is 418 g/mol. The summed E-state index contributed by atoms with van der Waals surface area (Å²) in [5, 5.41) is 9.35. The van der Waals surface area contributed by atoms with Crippen molar-refractivity contribution in [2.45, 2.75) is 25.2 Å². The summed E-state index contributed by atoms with van der Waals surface area (Å²) in [6.07, 6.45) is 1.09. The molecular weight excluding hydrogens is 390 g/mol. The number of benzene rings is 2. The van der Waals surface area contributed by atoms with Crippen molar-refractivity contribution in [1.29, 1.82) is 0 Å². The quantitative estimate of drug-likeness (QED) is 0.720. The Kier molecular flexibility index (Phi) is 6.44. The lowest BCUT2D eigenvalue weighted by Crippen LogP contribution is -2.46. The van der Waals surface area contributed by atoms with Crippen molar-refractivity contribution in [2.75, 3.05) is 42.3 Å². The molecule has 0 radical (unpaired) electrons. The molecule has 1 heterocycles. The van der Waals surface area contributed by atoms with Crippen molar-refractivity contribution in [2.24, 2.45) is 0 Å². The maximum absolute atomic E-state index is 12.9. The molecule has 8 heteroatoms. The van der Waals surface area contributed by atoms with Gasteiger partial charge >= 0.3 is 5.97 Å². The van der Waals surface area contributed by atoms with Gasteiger partial charge < -0.3 is 10.0 Å². The van der Waals surface area contributed by atoms with Crippen LogP contribution in [0.15, 0.2) is 47.4 Å². The molecule has 29 heavy (non-hydrogen) atoms. The lowest BCUT2D eigenvalue weighted by atomic mass is 10.1. The fraction of sp³-hybridized carbons (Fsp3) is 0.381. The minimum absolute atomic E-state index is 0.0416. The molecule has 0 atom stereocenters. The largest absolute Gasteiger partial charge is 0.478 e. The summed E-state index contributed by atoms with van der Waals surface area (Å²) in [6.45, 7) is 8.36. The van der Waals surface area contributed by atoms with E-state index < -0.39 is 16.0 Å². The third-order valence-electron chi connectivity index (χ3n) is 5.07. The monoisotopic (exact) mass is 417 g/mol. The second-order valence-electron chi connectivity index (χ2n) is 7.28. The predicted molar refractivity (Wildman–Crippen MR) is 114 cm³/mol. The van der Waals surface area contributed by atoms with Gasteiger partial charge in [0.1, 0.15) is 0 Å². The van der Waals surface area contributed by atoms with Crippen molar-refractivity contribution < 1.29 is 18.3 Å². The Hall–Kier alpha value is -2.58. The number of nitrogens with zero attached hydrogens (tertiary/aromatic N) is 2. The minimum Gasteiger partial charge on any atom is -0.478 e. The standard InChI is InChI=1S/C21H27N3O4S/c1-3-10-23-11-13-24(14-12-23)20-9-6-17(21(25)26)15-19(20)22-29(27,28)18-7-4-16(2)5-8-18/h4-9,15,22H,3,10-14H2,1-2H3,(H,25,26). The number of hydrogen-bond acceptors (Lipinski definition) is 5. The molecule has 1 aliphatic rings. The van der Waals surface area contributed by atoms with Crippen molar-refractivity contribution >= 4 is 27.4 Å². The zero-order valence-corrected chi connectivity index (χ0v) is 17.6. The molecular formula is C21H27N3O4S. The Labute approximate surface area is 172 Å². The molecule has 0 bridgehead atoms. The lowest BCUT2D eigenvalue weighted by molar-refractivity contribution is 0.0697. The number of rotatable bonds is 7. The predicted octanol–water partition coefficient (Wildman–Crippen LogP) is 3.03. The molecule has 1 saturated heterocycles. The summed E-state index contributed by atoms with van der Waals surface area (Å²) in [5.41, 5.74) is 1.98. The first-order valence-electron chi connectivity index (χ1n) is 9.74. The minimum atomic E-state index is -3.83. The van der Waals surface area contributed by atoms with Crippen molar-refractivity contribution in [3.05, 3.63) is 53.6 Å². The molecule has 0 spiro atoms. The summed E-state index contributed by atoms with van der Waals surface area (Å²) in [7, 11) is -3.83. The van der Waals surface area contributed by atoms with E-state index in [1.54, 1.807) is 30.3 Å². The second-order valence-corrected chi connectivity index (χ2v) is 8.97. The Morgan fingerprint density at radius 2 is 1.72 bits per heavy atom. The molecule has 0 unspecified atom stereocenters.